The van der Waals surface area contributed by atoms with Crippen molar-refractivity contribution in [3.05, 3.63) is 58.4 Å². The maximum Gasteiger partial charge on any atom is 0.336 e. The molecule has 1 aromatic carbocycles. The number of rotatable bonds is 4. The Morgan fingerprint density at radius 3 is 3.09 bits per heavy atom. The number of fused-ring (bicyclic) bond motifs is 1. The normalized spacial score (nSPS) is 16.7. The first-order valence-electron chi connectivity index (χ1n) is 7.23. The van der Waals surface area contributed by atoms with Crippen LogP contribution >= 0.6 is 11.6 Å². The van der Waals surface area contributed by atoms with Crippen molar-refractivity contribution >= 4 is 17.6 Å². The van der Waals surface area contributed by atoms with Gasteiger partial charge in [0.2, 0.25) is 0 Å². The molecular weight excluding hydrogens is 302 g/mol. The van der Waals surface area contributed by atoms with E-state index < -0.39 is 5.97 Å². The van der Waals surface area contributed by atoms with E-state index in [-0.39, 0.29) is 0 Å². The van der Waals surface area contributed by atoms with E-state index in [2.05, 4.69) is 4.98 Å². The average Bonchev–Trinajstić information content (AvgIpc) is 2.52. The van der Waals surface area contributed by atoms with Crippen LogP contribution in [0.2, 0.25) is 5.02 Å². The molecule has 1 unspecified atom stereocenters. The van der Waals surface area contributed by atoms with Gasteiger partial charge in [-0.2, -0.15) is 0 Å². The lowest BCUT2D eigenvalue weighted by Crippen LogP contribution is -2.15. The third-order valence-corrected chi connectivity index (χ3v) is 4.27. The van der Waals surface area contributed by atoms with E-state index in [1.807, 2.05) is 18.2 Å². The highest BCUT2D eigenvalue weighted by atomic mass is 35.5. The van der Waals surface area contributed by atoms with Crippen molar-refractivity contribution in [2.24, 2.45) is 0 Å². The minimum Gasteiger partial charge on any atom is -0.493 e. The summed E-state index contributed by atoms with van der Waals surface area (Å²) in [6.45, 7) is 0.664. The van der Waals surface area contributed by atoms with Gasteiger partial charge in [0.1, 0.15) is 5.75 Å². The Labute approximate surface area is 133 Å². The van der Waals surface area contributed by atoms with Crippen LogP contribution in [-0.4, -0.2) is 22.7 Å². The Balaban J connectivity index is 1.77. The first-order valence-corrected chi connectivity index (χ1v) is 7.61. The minimum absolute atomic E-state index is 0.332. The quantitative estimate of drug-likeness (QED) is 0.928. The van der Waals surface area contributed by atoms with Crippen LogP contribution in [0.25, 0.3) is 0 Å². The number of ether oxygens (including phenoxy) is 1. The zero-order chi connectivity index (χ0) is 15.5. The highest BCUT2D eigenvalue weighted by molar-refractivity contribution is 6.30. The summed E-state index contributed by atoms with van der Waals surface area (Å²) >= 11 is 6.00. The fourth-order valence-electron chi connectivity index (χ4n) is 2.90. The number of aromatic carboxylic acids is 1. The van der Waals surface area contributed by atoms with Crippen LogP contribution in [-0.2, 0) is 6.42 Å². The van der Waals surface area contributed by atoms with Crippen molar-refractivity contribution in [2.45, 2.75) is 25.2 Å². The maximum atomic E-state index is 11.2. The Kier molecular flexibility index (Phi) is 4.29. The van der Waals surface area contributed by atoms with Gasteiger partial charge in [-0.3, -0.25) is 4.98 Å². The molecule has 22 heavy (non-hydrogen) atoms. The summed E-state index contributed by atoms with van der Waals surface area (Å²) in [7, 11) is 0. The van der Waals surface area contributed by atoms with Crippen LogP contribution in [0.15, 0.2) is 36.7 Å². The Bertz CT molecular complexity index is 702. The molecule has 1 aromatic heterocycles. The van der Waals surface area contributed by atoms with Crippen LogP contribution in [0, 0.1) is 0 Å². The number of carbonyl (C=O) groups is 1. The summed E-state index contributed by atoms with van der Waals surface area (Å²) in [6.07, 6.45) is 5.63. The number of halogens is 1. The lowest BCUT2D eigenvalue weighted by molar-refractivity contribution is 0.0695. The predicted molar refractivity (Wildman–Crippen MR) is 83.8 cm³/mol. The van der Waals surface area contributed by atoms with Crippen molar-refractivity contribution in [3.8, 4) is 5.75 Å². The van der Waals surface area contributed by atoms with Gasteiger partial charge in [0, 0.05) is 17.4 Å². The number of aryl methyl sites for hydroxylation is 1. The summed E-state index contributed by atoms with van der Waals surface area (Å²) in [5, 5.41) is 9.89. The summed E-state index contributed by atoms with van der Waals surface area (Å²) < 4.78 is 5.66. The molecule has 0 radical (unpaired) electrons. The van der Waals surface area contributed by atoms with E-state index in [9.17, 15) is 9.90 Å². The third kappa shape index (κ3) is 3.07. The van der Waals surface area contributed by atoms with Crippen molar-refractivity contribution in [3.63, 3.8) is 0 Å². The fraction of sp³-hybridized carbons (Fsp3) is 0.294. The zero-order valence-corrected chi connectivity index (χ0v) is 12.7. The third-order valence-electron chi connectivity index (χ3n) is 4.04. The van der Waals surface area contributed by atoms with Gasteiger partial charge >= 0.3 is 5.97 Å². The number of hydrogen-bond donors (Lipinski definition) is 1. The van der Waals surface area contributed by atoms with Crippen LogP contribution in [0.1, 0.15) is 40.2 Å². The zero-order valence-electron chi connectivity index (χ0n) is 12.0. The van der Waals surface area contributed by atoms with Crippen LogP contribution in [0.5, 0.6) is 5.75 Å². The Hall–Kier alpha value is -2.07. The maximum absolute atomic E-state index is 11.2. The SMILES string of the molecule is O=C(O)c1ccncc1CCC1CCOc2cc(Cl)ccc21. The van der Waals surface area contributed by atoms with Crippen molar-refractivity contribution in [1.82, 2.24) is 4.98 Å². The second kappa shape index (κ2) is 6.36. The number of benzene rings is 1. The average molecular weight is 318 g/mol. The topological polar surface area (TPSA) is 59.4 Å². The van der Waals surface area contributed by atoms with Crippen LogP contribution in [0.3, 0.4) is 0 Å². The molecule has 114 valence electrons. The van der Waals surface area contributed by atoms with Crippen LogP contribution in [0.4, 0.5) is 0 Å². The molecule has 3 rings (SSSR count). The van der Waals surface area contributed by atoms with Crippen molar-refractivity contribution in [2.75, 3.05) is 6.61 Å². The molecular formula is C17H16ClNO3. The Morgan fingerprint density at radius 2 is 2.27 bits per heavy atom. The van der Waals surface area contributed by atoms with E-state index in [1.165, 1.54) is 6.20 Å². The highest BCUT2D eigenvalue weighted by Gasteiger charge is 2.22. The molecule has 2 heterocycles. The molecule has 2 aromatic rings. The van der Waals surface area contributed by atoms with Gasteiger partial charge in [0.05, 0.1) is 12.2 Å². The van der Waals surface area contributed by atoms with Gasteiger partial charge in [-0.05, 0) is 54.5 Å². The van der Waals surface area contributed by atoms with E-state index in [1.54, 1.807) is 12.3 Å². The summed E-state index contributed by atoms with van der Waals surface area (Å²) in [5.74, 6) is 0.285. The number of hydrogen-bond acceptors (Lipinski definition) is 3. The smallest absolute Gasteiger partial charge is 0.336 e. The summed E-state index contributed by atoms with van der Waals surface area (Å²) in [5.41, 5.74) is 2.26. The number of pyridine rings is 1. The molecule has 0 bridgehead atoms. The van der Waals surface area contributed by atoms with Gasteiger partial charge in [-0.15, -0.1) is 0 Å². The van der Waals surface area contributed by atoms with Gasteiger partial charge in [0.15, 0.2) is 0 Å². The monoisotopic (exact) mass is 317 g/mol. The minimum atomic E-state index is -0.906. The van der Waals surface area contributed by atoms with Gasteiger partial charge in [-0.25, -0.2) is 4.79 Å². The number of aromatic nitrogens is 1. The molecule has 0 amide bonds. The summed E-state index contributed by atoms with van der Waals surface area (Å²) in [4.78, 5) is 15.3. The first kappa shape index (κ1) is 14.9. The van der Waals surface area contributed by atoms with Crippen molar-refractivity contribution in [1.29, 1.82) is 0 Å². The van der Waals surface area contributed by atoms with Gasteiger partial charge < -0.3 is 9.84 Å². The fourth-order valence-corrected chi connectivity index (χ4v) is 3.06. The van der Waals surface area contributed by atoms with E-state index in [4.69, 9.17) is 16.3 Å². The molecule has 1 aliphatic rings. The molecule has 4 nitrogen and oxygen atoms in total. The van der Waals surface area contributed by atoms with Gasteiger partial charge in [0.25, 0.3) is 0 Å². The largest absolute Gasteiger partial charge is 0.493 e. The second-order valence-corrected chi connectivity index (χ2v) is 5.83. The van der Waals surface area contributed by atoms with E-state index in [0.717, 1.165) is 29.7 Å². The molecule has 1 atom stereocenters. The first-order chi connectivity index (χ1) is 10.6. The molecule has 0 aliphatic carbocycles. The molecule has 0 saturated heterocycles. The van der Waals surface area contributed by atoms with Gasteiger partial charge in [-0.1, -0.05) is 17.7 Å². The number of carboxylic acids is 1. The predicted octanol–water partition coefficient (Wildman–Crippen LogP) is 3.93. The molecule has 5 heteroatoms. The van der Waals surface area contributed by atoms with Crippen LogP contribution < -0.4 is 4.74 Å². The number of nitrogens with zero attached hydrogens (tertiary/aromatic N) is 1. The molecule has 0 fully saturated rings. The standard InChI is InChI=1S/C17H16ClNO3/c18-13-3-4-14-11(6-8-22-16(14)9-13)1-2-12-10-19-7-5-15(12)17(20)21/h3-5,7,9-11H,1-2,6,8H2,(H,20,21). The molecule has 0 saturated carbocycles. The molecule has 1 N–H and O–H groups in total. The van der Waals surface area contributed by atoms with E-state index in [0.29, 0.717) is 29.5 Å². The second-order valence-electron chi connectivity index (χ2n) is 5.39. The lowest BCUT2D eigenvalue weighted by Gasteiger charge is -2.26. The Morgan fingerprint density at radius 1 is 1.41 bits per heavy atom. The lowest BCUT2D eigenvalue weighted by atomic mass is 9.87. The van der Waals surface area contributed by atoms with Crippen molar-refractivity contribution < 1.29 is 14.6 Å². The molecule has 1 aliphatic heterocycles. The summed E-state index contributed by atoms with van der Waals surface area (Å²) in [6, 6.07) is 7.27. The van der Waals surface area contributed by atoms with E-state index >= 15 is 0 Å². The number of carboxylic acid groups (broad SMARTS) is 1. The molecule has 0 spiro atoms. The highest BCUT2D eigenvalue weighted by Crippen LogP contribution is 2.38.